The first-order valence-corrected chi connectivity index (χ1v) is 7.36. The Bertz CT molecular complexity index is 830. The van der Waals surface area contributed by atoms with Gasteiger partial charge in [-0.2, -0.15) is 0 Å². The molecular formula is C17H13BrN2O. The Hall–Kier alpha value is -2.20. The summed E-state index contributed by atoms with van der Waals surface area (Å²) in [5.41, 5.74) is 8.70. The number of rotatable bonds is 3. The molecule has 0 aliphatic heterocycles. The van der Waals surface area contributed by atoms with Crippen LogP contribution in [0.1, 0.15) is 16.1 Å². The number of para-hydroxylation sites is 1. The van der Waals surface area contributed by atoms with Gasteiger partial charge in [-0.25, -0.2) is 4.98 Å². The number of hydrogen-bond donors (Lipinski definition) is 1. The number of nitrogens with zero attached hydrogens (tertiary/aromatic N) is 1. The molecule has 0 amide bonds. The van der Waals surface area contributed by atoms with Crippen LogP contribution in [0.25, 0.3) is 10.9 Å². The third kappa shape index (κ3) is 2.95. The van der Waals surface area contributed by atoms with E-state index in [9.17, 15) is 4.79 Å². The predicted octanol–water partition coefficient (Wildman–Crippen LogP) is 4.00. The fourth-order valence-corrected chi connectivity index (χ4v) is 2.71. The Labute approximate surface area is 130 Å². The van der Waals surface area contributed by atoms with E-state index in [4.69, 9.17) is 5.73 Å². The van der Waals surface area contributed by atoms with Gasteiger partial charge in [0.2, 0.25) is 0 Å². The number of benzene rings is 2. The average Bonchev–Trinajstić information content (AvgIpc) is 2.47. The lowest BCUT2D eigenvalue weighted by Gasteiger charge is -2.06. The summed E-state index contributed by atoms with van der Waals surface area (Å²) in [4.78, 5) is 16.8. The molecule has 0 saturated carbocycles. The largest absolute Gasteiger partial charge is 0.398 e. The molecule has 1 heterocycles. The summed E-state index contributed by atoms with van der Waals surface area (Å²) in [5, 5.41) is 0.872. The first-order chi connectivity index (χ1) is 10.1. The van der Waals surface area contributed by atoms with Gasteiger partial charge in [0, 0.05) is 22.0 Å². The van der Waals surface area contributed by atoms with Gasteiger partial charge in [-0.05, 0) is 29.8 Å². The molecule has 0 spiro atoms. The highest BCUT2D eigenvalue weighted by atomic mass is 79.9. The fraction of sp³-hybridized carbons (Fsp3) is 0.0588. The molecule has 0 atom stereocenters. The Morgan fingerprint density at radius 2 is 1.90 bits per heavy atom. The van der Waals surface area contributed by atoms with Crippen LogP contribution in [0.2, 0.25) is 0 Å². The molecule has 4 heteroatoms. The molecule has 0 unspecified atom stereocenters. The summed E-state index contributed by atoms with van der Waals surface area (Å²) in [7, 11) is 0. The van der Waals surface area contributed by atoms with Gasteiger partial charge in [-0.1, -0.05) is 46.3 Å². The van der Waals surface area contributed by atoms with Crippen LogP contribution in [0.4, 0.5) is 5.69 Å². The van der Waals surface area contributed by atoms with Crippen LogP contribution in [-0.2, 0) is 6.42 Å². The molecule has 0 saturated heterocycles. The zero-order valence-electron chi connectivity index (χ0n) is 11.2. The van der Waals surface area contributed by atoms with Crippen molar-refractivity contribution in [2.45, 2.75) is 6.42 Å². The molecule has 0 fully saturated rings. The van der Waals surface area contributed by atoms with E-state index in [2.05, 4.69) is 20.9 Å². The maximum absolute atomic E-state index is 12.4. The summed E-state index contributed by atoms with van der Waals surface area (Å²) in [5.74, 6) is -0.0365. The van der Waals surface area contributed by atoms with Gasteiger partial charge < -0.3 is 5.73 Å². The molecule has 3 rings (SSSR count). The molecule has 0 aliphatic rings. The van der Waals surface area contributed by atoms with Gasteiger partial charge >= 0.3 is 0 Å². The molecule has 3 nitrogen and oxygen atoms in total. The molecular weight excluding hydrogens is 328 g/mol. The molecule has 2 N–H and O–H groups in total. The lowest BCUT2D eigenvalue weighted by molar-refractivity contribution is 0.0988. The number of carbonyl (C=O) groups excluding carboxylic acids is 1. The predicted molar refractivity (Wildman–Crippen MR) is 88.3 cm³/mol. The van der Waals surface area contributed by atoms with Crippen LogP contribution < -0.4 is 5.73 Å². The monoisotopic (exact) mass is 340 g/mol. The highest BCUT2D eigenvalue weighted by Gasteiger charge is 2.11. The van der Waals surface area contributed by atoms with Crippen molar-refractivity contribution in [3.8, 4) is 0 Å². The molecule has 0 radical (unpaired) electrons. The van der Waals surface area contributed by atoms with E-state index < -0.39 is 0 Å². The normalized spacial score (nSPS) is 10.7. The Kier molecular flexibility index (Phi) is 3.71. The lowest BCUT2D eigenvalue weighted by Crippen LogP contribution is -2.07. The summed E-state index contributed by atoms with van der Waals surface area (Å²) in [6.45, 7) is 0. The number of halogens is 1. The van der Waals surface area contributed by atoms with Crippen molar-refractivity contribution in [1.82, 2.24) is 4.98 Å². The van der Waals surface area contributed by atoms with E-state index >= 15 is 0 Å². The van der Waals surface area contributed by atoms with E-state index in [1.54, 1.807) is 6.07 Å². The molecule has 1 aromatic heterocycles. The second-order valence-corrected chi connectivity index (χ2v) is 5.76. The van der Waals surface area contributed by atoms with Gasteiger partial charge in [0.25, 0.3) is 0 Å². The van der Waals surface area contributed by atoms with Crippen molar-refractivity contribution < 1.29 is 4.79 Å². The van der Waals surface area contributed by atoms with Crippen molar-refractivity contribution in [2.24, 2.45) is 0 Å². The number of hydrogen-bond acceptors (Lipinski definition) is 3. The fourth-order valence-electron chi connectivity index (χ4n) is 2.27. The minimum Gasteiger partial charge on any atom is -0.398 e. The summed E-state index contributed by atoms with van der Waals surface area (Å²) in [6, 6.07) is 16.9. The smallest absolute Gasteiger partial charge is 0.185 e. The van der Waals surface area contributed by atoms with E-state index in [0.717, 1.165) is 20.9 Å². The quantitative estimate of drug-likeness (QED) is 0.733. The van der Waals surface area contributed by atoms with Crippen LogP contribution in [0.5, 0.6) is 0 Å². The SMILES string of the molecule is Nc1cc(C(=O)Cc2cccc(Br)c2)nc2ccccc12. The third-order valence-electron chi connectivity index (χ3n) is 3.29. The molecule has 0 aliphatic carbocycles. The summed E-state index contributed by atoms with van der Waals surface area (Å²) < 4.78 is 0.957. The van der Waals surface area contributed by atoms with Crippen molar-refractivity contribution in [2.75, 3.05) is 5.73 Å². The van der Waals surface area contributed by atoms with Gasteiger partial charge in [0.15, 0.2) is 5.78 Å². The maximum atomic E-state index is 12.4. The molecule has 104 valence electrons. The number of fused-ring (bicyclic) bond motifs is 1. The number of pyridine rings is 1. The topological polar surface area (TPSA) is 56.0 Å². The second kappa shape index (κ2) is 5.66. The van der Waals surface area contributed by atoms with E-state index in [-0.39, 0.29) is 5.78 Å². The molecule has 2 aromatic carbocycles. The first kappa shape index (κ1) is 13.8. The standard InChI is InChI=1S/C17H13BrN2O/c18-12-5-3-4-11(8-12)9-17(21)16-10-14(19)13-6-1-2-7-15(13)20-16/h1-8,10H,9H2,(H2,19,20). The van der Waals surface area contributed by atoms with Crippen molar-refractivity contribution in [3.63, 3.8) is 0 Å². The number of ketones is 1. The highest BCUT2D eigenvalue weighted by Crippen LogP contribution is 2.21. The van der Waals surface area contributed by atoms with E-state index in [1.165, 1.54) is 0 Å². The molecule has 0 bridgehead atoms. The van der Waals surface area contributed by atoms with Crippen LogP contribution in [-0.4, -0.2) is 10.8 Å². The number of Topliss-reactive ketones (excluding diaryl/α,β-unsaturated/α-hetero) is 1. The summed E-state index contributed by atoms with van der Waals surface area (Å²) >= 11 is 3.41. The lowest BCUT2D eigenvalue weighted by atomic mass is 10.1. The van der Waals surface area contributed by atoms with Gasteiger partial charge in [0.05, 0.1) is 5.52 Å². The van der Waals surface area contributed by atoms with Gasteiger partial charge in [0.1, 0.15) is 5.69 Å². The number of nitrogen functional groups attached to an aromatic ring is 1. The van der Waals surface area contributed by atoms with Crippen molar-refractivity contribution >= 4 is 38.3 Å². The summed E-state index contributed by atoms with van der Waals surface area (Å²) in [6.07, 6.45) is 0.310. The number of nitrogens with two attached hydrogens (primary N) is 1. The highest BCUT2D eigenvalue weighted by molar-refractivity contribution is 9.10. The minimum atomic E-state index is -0.0365. The third-order valence-corrected chi connectivity index (χ3v) is 3.78. The minimum absolute atomic E-state index is 0.0365. The van der Waals surface area contributed by atoms with E-state index in [1.807, 2.05) is 48.5 Å². The maximum Gasteiger partial charge on any atom is 0.185 e. The Balaban J connectivity index is 1.94. The van der Waals surface area contributed by atoms with Crippen LogP contribution in [0, 0.1) is 0 Å². The molecule has 3 aromatic rings. The van der Waals surface area contributed by atoms with Crippen LogP contribution >= 0.6 is 15.9 Å². The van der Waals surface area contributed by atoms with Crippen molar-refractivity contribution in [3.05, 3.63) is 70.3 Å². The molecule has 21 heavy (non-hydrogen) atoms. The zero-order chi connectivity index (χ0) is 14.8. The second-order valence-electron chi connectivity index (χ2n) is 4.84. The zero-order valence-corrected chi connectivity index (χ0v) is 12.8. The first-order valence-electron chi connectivity index (χ1n) is 6.56. The average molecular weight is 341 g/mol. The number of anilines is 1. The van der Waals surface area contributed by atoms with E-state index in [0.29, 0.717) is 17.8 Å². The van der Waals surface area contributed by atoms with Gasteiger partial charge in [-0.3, -0.25) is 4.79 Å². The number of carbonyl (C=O) groups is 1. The van der Waals surface area contributed by atoms with Crippen molar-refractivity contribution in [1.29, 1.82) is 0 Å². The Morgan fingerprint density at radius 1 is 1.10 bits per heavy atom. The Morgan fingerprint density at radius 3 is 2.71 bits per heavy atom. The number of aromatic nitrogens is 1. The van der Waals surface area contributed by atoms with Gasteiger partial charge in [-0.15, -0.1) is 0 Å². The van der Waals surface area contributed by atoms with Crippen LogP contribution in [0.3, 0.4) is 0 Å². The van der Waals surface area contributed by atoms with Crippen LogP contribution in [0.15, 0.2) is 59.1 Å².